The third kappa shape index (κ3) is 2.67. The monoisotopic (exact) mass is 410 g/mol. The molecule has 3 fully saturated rings. The predicted octanol–water partition coefficient (Wildman–Crippen LogP) is 5.31. The van der Waals surface area contributed by atoms with E-state index >= 15 is 0 Å². The van der Waals surface area contributed by atoms with Gasteiger partial charge in [0.05, 0.1) is 17.4 Å². The summed E-state index contributed by atoms with van der Waals surface area (Å²) >= 11 is 0. The number of hydrogen-bond acceptors (Lipinski definition) is 5. The fourth-order valence-corrected chi connectivity index (χ4v) is 7.15. The van der Waals surface area contributed by atoms with Gasteiger partial charge >= 0.3 is 11.9 Å². The molecule has 0 radical (unpaired) electrons. The van der Waals surface area contributed by atoms with E-state index in [1.807, 2.05) is 12.1 Å². The summed E-state index contributed by atoms with van der Waals surface area (Å²) in [7, 11) is 0. The lowest BCUT2D eigenvalue weighted by molar-refractivity contribution is -0.164. The minimum absolute atomic E-state index is 0.0248. The summed E-state index contributed by atoms with van der Waals surface area (Å²) in [5, 5.41) is 0. The molecule has 5 heteroatoms. The zero-order chi connectivity index (χ0) is 21.3. The van der Waals surface area contributed by atoms with Crippen LogP contribution in [0, 0.1) is 22.7 Å². The number of rotatable bonds is 2. The molecule has 5 atom stereocenters. The Hall–Kier alpha value is -2.30. The summed E-state index contributed by atoms with van der Waals surface area (Å²) in [5.74, 6) is -0.195. The highest BCUT2D eigenvalue weighted by Gasteiger charge is 2.65. The van der Waals surface area contributed by atoms with Gasteiger partial charge in [0.2, 0.25) is 0 Å². The van der Waals surface area contributed by atoms with Gasteiger partial charge in [-0.2, -0.15) is 0 Å². The van der Waals surface area contributed by atoms with Gasteiger partial charge in [0.1, 0.15) is 5.60 Å². The standard InChI is InChI=1S/C25H30O5/c1-23(2)11-7-12-24(3)18(23)10-13-25(4)19(24)17(21(27)30-25)14-28-22-16-9-6-5-8-15(16)20(26)29-22/h5-6,8-9,14,18-19,22H,7,10-13H2,1-4H3/b17-14+/t18-,19+,22?,24-,25+/m1/s1. The molecule has 0 N–H and O–H groups in total. The Labute approximate surface area is 177 Å². The number of cyclic esters (lactones) is 1. The van der Waals surface area contributed by atoms with Crippen molar-refractivity contribution in [2.45, 2.75) is 71.7 Å². The van der Waals surface area contributed by atoms with Gasteiger partial charge in [0, 0.05) is 11.5 Å². The molecule has 0 spiro atoms. The Bertz CT molecular complexity index is 947. The van der Waals surface area contributed by atoms with Crippen LogP contribution in [-0.2, 0) is 19.0 Å². The molecule has 1 aromatic carbocycles. The summed E-state index contributed by atoms with van der Waals surface area (Å²) < 4.78 is 17.3. The van der Waals surface area contributed by atoms with Crippen LogP contribution in [0.15, 0.2) is 36.1 Å². The molecule has 0 aromatic heterocycles. The van der Waals surface area contributed by atoms with Crippen LogP contribution in [0.2, 0.25) is 0 Å². The van der Waals surface area contributed by atoms with Crippen LogP contribution in [0.25, 0.3) is 0 Å². The van der Waals surface area contributed by atoms with E-state index in [4.69, 9.17) is 14.2 Å². The normalized spacial score (nSPS) is 40.3. The summed E-state index contributed by atoms with van der Waals surface area (Å²) in [6.45, 7) is 9.14. The molecule has 2 heterocycles. The molecule has 0 bridgehead atoms. The zero-order valence-corrected chi connectivity index (χ0v) is 18.2. The van der Waals surface area contributed by atoms with Gasteiger partial charge in [-0.1, -0.05) is 45.4 Å². The minimum atomic E-state index is -0.823. The topological polar surface area (TPSA) is 61.8 Å². The summed E-state index contributed by atoms with van der Waals surface area (Å²) in [4.78, 5) is 25.1. The van der Waals surface area contributed by atoms with Crippen molar-refractivity contribution in [1.82, 2.24) is 0 Å². The maximum atomic E-state index is 13.0. The maximum Gasteiger partial charge on any atom is 0.342 e. The van der Waals surface area contributed by atoms with Crippen molar-refractivity contribution in [3.8, 4) is 0 Å². The summed E-state index contributed by atoms with van der Waals surface area (Å²) in [6.07, 6.45) is 6.09. The van der Waals surface area contributed by atoms with Crippen molar-refractivity contribution in [2.24, 2.45) is 22.7 Å². The molecular weight excluding hydrogens is 380 g/mol. The first kappa shape index (κ1) is 19.7. The van der Waals surface area contributed by atoms with Crippen molar-refractivity contribution in [2.75, 3.05) is 0 Å². The molecule has 1 saturated heterocycles. The number of fused-ring (bicyclic) bond motifs is 4. The number of ether oxygens (including phenoxy) is 3. The lowest BCUT2D eigenvalue weighted by atomic mass is 9.45. The Morgan fingerprint density at radius 3 is 2.60 bits per heavy atom. The van der Waals surface area contributed by atoms with Crippen LogP contribution in [-0.4, -0.2) is 17.5 Å². The SMILES string of the molecule is CC1(C)CCC[C@]2(C)[C@@H]1CC[C@]1(C)OC(=O)/C(=C/OC3OC(=O)c4ccccc43)[C@@H]21. The number of hydrogen-bond donors (Lipinski definition) is 0. The van der Waals surface area contributed by atoms with Crippen LogP contribution >= 0.6 is 0 Å². The van der Waals surface area contributed by atoms with Crippen LogP contribution in [0.3, 0.4) is 0 Å². The zero-order valence-electron chi connectivity index (χ0n) is 18.2. The number of benzene rings is 1. The second-order valence-corrected chi connectivity index (χ2v) is 10.6. The highest BCUT2D eigenvalue weighted by molar-refractivity contribution is 5.94. The predicted molar refractivity (Wildman–Crippen MR) is 110 cm³/mol. The highest BCUT2D eigenvalue weighted by atomic mass is 16.7. The maximum absolute atomic E-state index is 13.0. The Kier molecular flexibility index (Phi) is 4.16. The van der Waals surface area contributed by atoms with Gasteiger partial charge in [0.15, 0.2) is 0 Å². The van der Waals surface area contributed by atoms with Gasteiger partial charge in [-0.15, -0.1) is 0 Å². The first-order valence-electron chi connectivity index (χ1n) is 11.0. The summed E-state index contributed by atoms with van der Waals surface area (Å²) in [5.41, 5.74) is 1.50. The van der Waals surface area contributed by atoms with E-state index in [1.54, 1.807) is 12.1 Å². The molecule has 2 saturated carbocycles. The van der Waals surface area contributed by atoms with Crippen molar-refractivity contribution in [3.63, 3.8) is 0 Å². The van der Waals surface area contributed by atoms with E-state index in [1.165, 1.54) is 12.7 Å². The molecule has 0 amide bonds. The van der Waals surface area contributed by atoms with Crippen LogP contribution < -0.4 is 0 Å². The third-order valence-corrected chi connectivity index (χ3v) is 8.32. The second kappa shape index (κ2) is 6.35. The van der Waals surface area contributed by atoms with Gasteiger partial charge in [-0.25, -0.2) is 9.59 Å². The van der Waals surface area contributed by atoms with Crippen molar-refractivity contribution in [1.29, 1.82) is 0 Å². The molecule has 1 aromatic rings. The van der Waals surface area contributed by atoms with Crippen molar-refractivity contribution < 1.29 is 23.8 Å². The molecule has 5 nitrogen and oxygen atoms in total. The number of esters is 2. The highest BCUT2D eigenvalue weighted by Crippen LogP contribution is 2.66. The number of carbonyl (C=O) groups excluding carboxylic acids is 2. The average Bonchev–Trinajstić information content (AvgIpc) is 3.13. The van der Waals surface area contributed by atoms with E-state index < -0.39 is 17.9 Å². The molecule has 160 valence electrons. The van der Waals surface area contributed by atoms with E-state index in [0.29, 0.717) is 22.6 Å². The van der Waals surface area contributed by atoms with E-state index in [2.05, 4.69) is 27.7 Å². The minimum Gasteiger partial charge on any atom is -0.458 e. The van der Waals surface area contributed by atoms with Crippen LogP contribution in [0.4, 0.5) is 0 Å². The van der Waals surface area contributed by atoms with Crippen molar-refractivity contribution >= 4 is 11.9 Å². The van der Waals surface area contributed by atoms with E-state index in [-0.39, 0.29) is 22.7 Å². The smallest absolute Gasteiger partial charge is 0.342 e. The van der Waals surface area contributed by atoms with Gasteiger partial charge < -0.3 is 14.2 Å². The van der Waals surface area contributed by atoms with Gasteiger partial charge in [-0.3, -0.25) is 0 Å². The van der Waals surface area contributed by atoms with Crippen molar-refractivity contribution in [3.05, 3.63) is 47.2 Å². The third-order valence-electron chi connectivity index (χ3n) is 8.32. The molecule has 1 unspecified atom stereocenters. The molecule has 4 aliphatic rings. The lowest BCUT2D eigenvalue weighted by Gasteiger charge is -2.59. The molecule has 30 heavy (non-hydrogen) atoms. The first-order valence-corrected chi connectivity index (χ1v) is 11.0. The average molecular weight is 411 g/mol. The molecular formula is C25H30O5. The van der Waals surface area contributed by atoms with Gasteiger partial charge in [0.25, 0.3) is 6.29 Å². The fourth-order valence-electron chi connectivity index (χ4n) is 7.15. The lowest BCUT2D eigenvalue weighted by Crippen LogP contribution is -2.56. The summed E-state index contributed by atoms with van der Waals surface area (Å²) in [6, 6.07) is 7.20. The van der Waals surface area contributed by atoms with Crippen LogP contribution in [0.1, 0.15) is 82.0 Å². The van der Waals surface area contributed by atoms with Gasteiger partial charge in [-0.05, 0) is 55.4 Å². The molecule has 2 aliphatic heterocycles. The Balaban J connectivity index is 1.50. The molecule has 2 aliphatic carbocycles. The van der Waals surface area contributed by atoms with E-state index in [0.717, 1.165) is 25.7 Å². The van der Waals surface area contributed by atoms with E-state index in [9.17, 15) is 9.59 Å². The Morgan fingerprint density at radius 2 is 1.80 bits per heavy atom. The first-order chi connectivity index (χ1) is 14.2. The van der Waals surface area contributed by atoms with Crippen LogP contribution in [0.5, 0.6) is 0 Å². The fraction of sp³-hybridized carbons (Fsp3) is 0.600. The quantitative estimate of drug-likeness (QED) is 0.375. The molecule has 5 rings (SSSR count). The number of carbonyl (C=O) groups is 2. The Morgan fingerprint density at radius 1 is 1.03 bits per heavy atom. The largest absolute Gasteiger partial charge is 0.458 e. The second-order valence-electron chi connectivity index (χ2n) is 10.6.